The fourth-order valence-corrected chi connectivity index (χ4v) is 2.27. The molecule has 0 unspecified atom stereocenters. The number of methoxy groups -OCH3 is 1. The molecule has 114 valence electrons. The largest absolute Gasteiger partial charge is 0.497 e. The first-order valence-corrected chi connectivity index (χ1v) is 6.48. The molecule has 0 fully saturated rings. The summed E-state index contributed by atoms with van der Waals surface area (Å²) in [5.41, 5.74) is 1.60. The van der Waals surface area contributed by atoms with Gasteiger partial charge in [-0.25, -0.2) is 4.68 Å². The van der Waals surface area contributed by atoms with Crippen LogP contribution in [-0.2, 0) is 6.18 Å². The summed E-state index contributed by atoms with van der Waals surface area (Å²) in [5.74, 6) is 0.699. The highest BCUT2D eigenvalue weighted by Gasteiger charge is 2.31. The molecule has 0 bridgehead atoms. The van der Waals surface area contributed by atoms with E-state index in [4.69, 9.17) is 4.74 Å². The quantitative estimate of drug-likeness (QED) is 0.724. The average molecular weight is 307 g/mol. The van der Waals surface area contributed by atoms with Crippen molar-refractivity contribution in [1.29, 1.82) is 0 Å². The number of ether oxygens (including phenoxy) is 1. The number of hydrogen-bond acceptors (Lipinski definition) is 3. The van der Waals surface area contributed by atoms with Gasteiger partial charge in [-0.05, 0) is 48.9 Å². The van der Waals surface area contributed by atoms with Crippen LogP contribution in [0.5, 0.6) is 5.75 Å². The van der Waals surface area contributed by atoms with E-state index in [1.807, 2.05) is 13.0 Å². The average Bonchev–Trinajstić information content (AvgIpc) is 2.89. The Morgan fingerprint density at radius 1 is 1.09 bits per heavy atom. The molecule has 0 aliphatic heterocycles. The predicted octanol–water partition coefficient (Wildman–Crippen LogP) is 3.76. The first-order valence-electron chi connectivity index (χ1n) is 6.48. The maximum absolute atomic E-state index is 12.7. The third-order valence-electron chi connectivity index (χ3n) is 3.40. The molecular formula is C15H12F3N3O. The smallest absolute Gasteiger partial charge is 0.416 e. The Hall–Kier alpha value is -2.57. The molecule has 0 radical (unpaired) electrons. The number of rotatable bonds is 2. The van der Waals surface area contributed by atoms with Crippen molar-refractivity contribution in [2.75, 3.05) is 7.11 Å². The van der Waals surface area contributed by atoms with Gasteiger partial charge in [0.2, 0.25) is 0 Å². The predicted molar refractivity (Wildman–Crippen MR) is 75.2 cm³/mol. The lowest BCUT2D eigenvalue weighted by molar-refractivity contribution is -0.137. The molecule has 7 heteroatoms. The standard InChI is InChI=1S/C15H12F3N3O/c1-9-7-11(22-2)4-6-13(9)21-14-5-3-10(15(16,17)18)8-12(14)19-20-21/h3-8H,1-2H3. The molecule has 0 aliphatic carbocycles. The third-order valence-corrected chi connectivity index (χ3v) is 3.40. The van der Waals surface area contributed by atoms with Crippen molar-refractivity contribution < 1.29 is 17.9 Å². The molecule has 3 aromatic rings. The van der Waals surface area contributed by atoms with Crippen LogP contribution in [-0.4, -0.2) is 22.1 Å². The number of aromatic nitrogens is 3. The van der Waals surface area contributed by atoms with Crippen LogP contribution < -0.4 is 4.74 Å². The van der Waals surface area contributed by atoms with Gasteiger partial charge in [0.05, 0.1) is 23.9 Å². The molecule has 22 heavy (non-hydrogen) atoms. The maximum Gasteiger partial charge on any atom is 0.416 e. The van der Waals surface area contributed by atoms with Crippen molar-refractivity contribution in [3.05, 3.63) is 47.5 Å². The molecule has 1 heterocycles. The number of aryl methyl sites for hydroxylation is 1. The van der Waals surface area contributed by atoms with Gasteiger partial charge in [-0.3, -0.25) is 0 Å². The first kappa shape index (κ1) is 14.4. The van der Waals surface area contributed by atoms with Crippen molar-refractivity contribution in [1.82, 2.24) is 15.0 Å². The molecule has 0 N–H and O–H groups in total. The van der Waals surface area contributed by atoms with Crippen LogP contribution in [0.15, 0.2) is 36.4 Å². The van der Waals surface area contributed by atoms with E-state index in [0.29, 0.717) is 11.3 Å². The minimum absolute atomic E-state index is 0.199. The molecule has 4 nitrogen and oxygen atoms in total. The fraction of sp³-hybridized carbons (Fsp3) is 0.200. The summed E-state index contributed by atoms with van der Waals surface area (Å²) in [5, 5.41) is 7.80. The van der Waals surface area contributed by atoms with Crippen LogP contribution in [0.1, 0.15) is 11.1 Å². The zero-order chi connectivity index (χ0) is 15.9. The zero-order valence-electron chi connectivity index (χ0n) is 11.8. The molecular weight excluding hydrogens is 295 g/mol. The van der Waals surface area contributed by atoms with E-state index < -0.39 is 11.7 Å². The molecule has 0 atom stereocenters. The van der Waals surface area contributed by atoms with E-state index in [-0.39, 0.29) is 5.52 Å². The van der Waals surface area contributed by atoms with Crippen LogP contribution in [0.2, 0.25) is 0 Å². The van der Waals surface area contributed by atoms with Crippen molar-refractivity contribution in [2.45, 2.75) is 13.1 Å². The van der Waals surface area contributed by atoms with E-state index in [1.54, 1.807) is 19.2 Å². The highest BCUT2D eigenvalue weighted by Crippen LogP contribution is 2.31. The third kappa shape index (κ3) is 2.38. The lowest BCUT2D eigenvalue weighted by Crippen LogP contribution is -2.04. The highest BCUT2D eigenvalue weighted by atomic mass is 19.4. The first-order chi connectivity index (χ1) is 10.4. The van der Waals surface area contributed by atoms with Gasteiger partial charge >= 0.3 is 6.18 Å². The monoisotopic (exact) mass is 307 g/mol. The van der Waals surface area contributed by atoms with Gasteiger partial charge in [0.15, 0.2) is 0 Å². The number of alkyl halides is 3. The Bertz CT molecular complexity index is 840. The summed E-state index contributed by atoms with van der Waals surface area (Å²) in [6, 6.07) is 8.79. The molecule has 3 rings (SSSR count). The Balaban J connectivity index is 2.13. The Morgan fingerprint density at radius 3 is 2.50 bits per heavy atom. The second-order valence-electron chi connectivity index (χ2n) is 4.85. The van der Waals surface area contributed by atoms with Crippen molar-refractivity contribution in [3.8, 4) is 11.4 Å². The van der Waals surface area contributed by atoms with E-state index >= 15 is 0 Å². The Morgan fingerprint density at radius 2 is 1.86 bits per heavy atom. The molecule has 0 saturated heterocycles. The van der Waals surface area contributed by atoms with Crippen LogP contribution >= 0.6 is 0 Å². The van der Waals surface area contributed by atoms with Crippen LogP contribution in [0.25, 0.3) is 16.7 Å². The number of nitrogens with zero attached hydrogens (tertiary/aromatic N) is 3. The summed E-state index contributed by atoms with van der Waals surface area (Å²) in [7, 11) is 1.57. The fourth-order valence-electron chi connectivity index (χ4n) is 2.27. The van der Waals surface area contributed by atoms with Crippen LogP contribution in [0.3, 0.4) is 0 Å². The molecule has 0 saturated carbocycles. The number of fused-ring (bicyclic) bond motifs is 1. The normalized spacial score (nSPS) is 11.9. The Kier molecular flexibility index (Phi) is 3.27. The van der Waals surface area contributed by atoms with Gasteiger partial charge in [-0.1, -0.05) is 5.21 Å². The summed E-state index contributed by atoms with van der Waals surface area (Å²) in [6.45, 7) is 1.87. The lowest BCUT2D eigenvalue weighted by Gasteiger charge is -2.09. The summed E-state index contributed by atoms with van der Waals surface area (Å²) >= 11 is 0. The van der Waals surface area contributed by atoms with E-state index in [2.05, 4.69) is 10.3 Å². The van der Waals surface area contributed by atoms with Gasteiger partial charge in [-0.2, -0.15) is 13.2 Å². The van der Waals surface area contributed by atoms with E-state index in [1.165, 1.54) is 10.7 Å². The molecule has 2 aromatic carbocycles. The van der Waals surface area contributed by atoms with Crippen molar-refractivity contribution >= 4 is 11.0 Å². The van der Waals surface area contributed by atoms with Crippen molar-refractivity contribution in [3.63, 3.8) is 0 Å². The molecule has 0 spiro atoms. The minimum Gasteiger partial charge on any atom is -0.497 e. The van der Waals surface area contributed by atoms with Gasteiger partial charge in [0.1, 0.15) is 11.3 Å². The second-order valence-corrected chi connectivity index (χ2v) is 4.85. The van der Waals surface area contributed by atoms with E-state index in [9.17, 15) is 13.2 Å². The topological polar surface area (TPSA) is 39.9 Å². The van der Waals surface area contributed by atoms with Crippen molar-refractivity contribution in [2.24, 2.45) is 0 Å². The Labute approximate surface area is 124 Å². The van der Waals surface area contributed by atoms with Gasteiger partial charge in [-0.15, -0.1) is 5.10 Å². The van der Waals surface area contributed by atoms with Crippen LogP contribution in [0, 0.1) is 6.92 Å². The second kappa shape index (κ2) is 5.01. The minimum atomic E-state index is -4.39. The van der Waals surface area contributed by atoms with Gasteiger partial charge in [0.25, 0.3) is 0 Å². The molecule has 0 aliphatic rings. The highest BCUT2D eigenvalue weighted by molar-refractivity contribution is 5.77. The summed E-state index contributed by atoms with van der Waals surface area (Å²) < 4.78 is 44.8. The number of hydrogen-bond donors (Lipinski definition) is 0. The summed E-state index contributed by atoms with van der Waals surface area (Å²) in [4.78, 5) is 0. The molecule has 1 aromatic heterocycles. The summed E-state index contributed by atoms with van der Waals surface area (Å²) in [6.07, 6.45) is -4.39. The SMILES string of the molecule is COc1ccc(-n2nnc3cc(C(F)(F)F)ccc32)c(C)c1. The lowest BCUT2D eigenvalue weighted by atomic mass is 10.1. The maximum atomic E-state index is 12.7. The number of benzene rings is 2. The number of halogens is 3. The van der Waals surface area contributed by atoms with Crippen LogP contribution in [0.4, 0.5) is 13.2 Å². The van der Waals surface area contributed by atoms with E-state index in [0.717, 1.165) is 23.4 Å². The zero-order valence-corrected chi connectivity index (χ0v) is 11.8. The van der Waals surface area contributed by atoms with Gasteiger partial charge < -0.3 is 4.74 Å². The van der Waals surface area contributed by atoms with Gasteiger partial charge in [0, 0.05) is 0 Å². The molecule has 0 amide bonds.